The van der Waals surface area contributed by atoms with E-state index < -0.39 is 0 Å². The van der Waals surface area contributed by atoms with Gasteiger partial charge in [-0.3, -0.25) is 0 Å². The van der Waals surface area contributed by atoms with Gasteiger partial charge in [0.15, 0.2) is 0 Å². The molecule has 0 atom stereocenters. The van der Waals surface area contributed by atoms with Crippen molar-refractivity contribution < 1.29 is 5.21 Å². The van der Waals surface area contributed by atoms with Crippen LogP contribution in [0.2, 0.25) is 0 Å². The maximum atomic E-state index is 10.2. The molecule has 2 rings (SSSR count). The summed E-state index contributed by atoms with van der Waals surface area (Å²) in [5.74, 6) is 0. The molecule has 0 bridgehead atoms. The minimum atomic E-state index is -0.342. The van der Waals surface area contributed by atoms with Gasteiger partial charge in [-0.1, -0.05) is 36.4 Å². The van der Waals surface area contributed by atoms with Crippen molar-refractivity contribution in [1.82, 2.24) is 5.06 Å². The van der Waals surface area contributed by atoms with Crippen LogP contribution in [0.3, 0.4) is 0 Å². The van der Waals surface area contributed by atoms with Crippen LogP contribution in [-0.2, 0) is 0 Å². The molecule has 16 heavy (non-hydrogen) atoms. The lowest BCUT2D eigenvalue weighted by Gasteiger charge is -2.36. The molecule has 0 saturated heterocycles. The molecular weight excluding hydrogens is 198 g/mol. The molecule has 86 valence electrons. The van der Waals surface area contributed by atoms with Crippen LogP contribution in [-0.4, -0.2) is 21.3 Å². The van der Waals surface area contributed by atoms with E-state index in [1.54, 1.807) is 0 Å². The van der Waals surface area contributed by atoms with E-state index in [4.69, 9.17) is 0 Å². The smallest absolute Gasteiger partial charge is 0.0665 e. The number of benzene rings is 1. The van der Waals surface area contributed by atoms with Crippen molar-refractivity contribution in [1.29, 1.82) is 0 Å². The quantitative estimate of drug-likeness (QED) is 0.780. The highest BCUT2D eigenvalue weighted by Gasteiger charge is 2.45. The first-order valence-corrected chi connectivity index (χ1v) is 5.64. The molecule has 1 aromatic carbocycles. The highest BCUT2D eigenvalue weighted by Crippen LogP contribution is 2.43. The van der Waals surface area contributed by atoms with Gasteiger partial charge >= 0.3 is 0 Å². The summed E-state index contributed by atoms with van der Waals surface area (Å²) in [4.78, 5) is 0. The zero-order valence-corrected chi connectivity index (χ0v) is 10.4. The van der Waals surface area contributed by atoms with Gasteiger partial charge in [-0.15, -0.1) is 0 Å². The Labute approximate surface area is 97.2 Å². The summed E-state index contributed by atoms with van der Waals surface area (Å²) in [5, 5.41) is 11.6. The van der Waals surface area contributed by atoms with Crippen LogP contribution in [0.25, 0.3) is 5.57 Å². The third-order valence-electron chi connectivity index (χ3n) is 3.32. The summed E-state index contributed by atoms with van der Waals surface area (Å²) in [6.07, 6.45) is 2.14. The maximum absolute atomic E-state index is 10.2. The van der Waals surface area contributed by atoms with E-state index in [0.717, 1.165) is 0 Å². The molecule has 1 aliphatic heterocycles. The van der Waals surface area contributed by atoms with E-state index in [-0.39, 0.29) is 11.1 Å². The van der Waals surface area contributed by atoms with E-state index in [1.165, 1.54) is 16.2 Å². The monoisotopic (exact) mass is 217 g/mol. The Morgan fingerprint density at radius 3 is 2.00 bits per heavy atom. The summed E-state index contributed by atoms with van der Waals surface area (Å²) >= 11 is 0. The Balaban J connectivity index is 2.50. The van der Waals surface area contributed by atoms with E-state index in [1.807, 2.05) is 45.9 Å². The highest BCUT2D eigenvalue weighted by molar-refractivity contribution is 5.75. The number of rotatable bonds is 1. The molecule has 0 saturated carbocycles. The van der Waals surface area contributed by atoms with Crippen LogP contribution in [0.5, 0.6) is 0 Å². The standard InChI is InChI=1S/C14H19NO/c1-13(2)10-12(14(3,4)15(13)16)11-8-6-5-7-9-11/h5-10,16H,1-4H3. The first kappa shape index (κ1) is 11.4. The lowest BCUT2D eigenvalue weighted by molar-refractivity contribution is -0.180. The van der Waals surface area contributed by atoms with Crippen molar-refractivity contribution in [3.8, 4) is 0 Å². The third kappa shape index (κ3) is 1.58. The van der Waals surface area contributed by atoms with Gasteiger partial charge in [0.1, 0.15) is 0 Å². The van der Waals surface area contributed by atoms with Gasteiger partial charge in [0.25, 0.3) is 0 Å². The van der Waals surface area contributed by atoms with Crippen molar-refractivity contribution in [3.63, 3.8) is 0 Å². The van der Waals surface area contributed by atoms with Crippen LogP contribution in [0.15, 0.2) is 36.4 Å². The van der Waals surface area contributed by atoms with E-state index in [9.17, 15) is 5.21 Å². The van der Waals surface area contributed by atoms with Crippen LogP contribution in [0, 0.1) is 0 Å². The van der Waals surface area contributed by atoms with Gasteiger partial charge in [0.2, 0.25) is 0 Å². The zero-order chi connectivity index (χ0) is 12.0. The van der Waals surface area contributed by atoms with Crippen LogP contribution in [0.4, 0.5) is 0 Å². The molecule has 1 aliphatic rings. The highest BCUT2D eigenvalue weighted by atomic mass is 16.5. The topological polar surface area (TPSA) is 23.5 Å². The van der Waals surface area contributed by atoms with Crippen molar-refractivity contribution in [2.45, 2.75) is 38.8 Å². The van der Waals surface area contributed by atoms with Crippen molar-refractivity contribution in [3.05, 3.63) is 42.0 Å². The molecule has 1 N–H and O–H groups in total. The van der Waals surface area contributed by atoms with Gasteiger partial charge in [0, 0.05) is 0 Å². The van der Waals surface area contributed by atoms with E-state index in [2.05, 4.69) is 18.2 Å². The normalized spacial score (nSPS) is 23.2. The van der Waals surface area contributed by atoms with Crippen molar-refractivity contribution in [2.75, 3.05) is 0 Å². The number of hydrogen-bond donors (Lipinski definition) is 1. The Hall–Kier alpha value is -1.12. The number of hydrogen-bond acceptors (Lipinski definition) is 2. The fourth-order valence-electron chi connectivity index (χ4n) is 2.48. The SMILES string of the molecule is CC1(C)C=C(c2ccccc2)C(C)(C)N1O. The molecule has 0 unspecified atom stereocenters. The summed E-state index contributed by atoms with van der Waals surface area (Å²) in [6, 6.07) is 10.2. The second-order valence-electron chi connectivity index (χ2n) is 5.45. The van der Waals surface area contributed by atoms with Crippen LogP contribution in [0.1, 0.15) is 33.3 Å². The molecule has 0 aliphatic carbocycles. The van der Waals surface area contributed by atoms with Gasteiger partial charge in [-0.2, -0.15) is 5.06 Å². The van der Waals surface area contributed by atoms with Crippen LogP contribution < -0.4 is 0 Å². The lowest BCUT2D eigenvalue weighted by atomic mass is 9.90. The van der Waals surface area contributed by atoms with E-state index in [0.29, 0.717) is 0 Å². The summed E-state index contributed by atoms with van der Waals surface area (Å²) in [5.41, 5.74) is 1.71. The first-order chi connectivity index (χ1) is 7.36. The molecule has 0 amide bonds. The van der Waals surface area contributed by atoms with Gasteiger partial charge in [-0.25, -0.2) is 0 Å². The Kier molecular flexibility index (Phi) is 2.44. The predicted octanol–water partition coefficient (Wildman–Crippen LogP) is 3.33. The Bertz CT molecular complexity index is 418. The minimum absolute atomic E-state index is 0.311. The Morgan fingerprint density at radius 1 is 1.00 bits per heavy atom. The molecule has 2 nitrogen and oxygen atoms in total. The largest absolute Gasteiger partial charge is 0.312 e. The molecule has 0 spiro atoms. The predicted molar refractivity (Wildman–Crippen MR) is 66.2 cm³/mol. The number of nitrogens with zero attached hydrogens (tertiary/aromatic N) is 1. The summed E-state index contributed by atoms with van der Waals surface area (Å²) < 4.78 is 0. The van der Waals surface area contributed by atoms with Gasteiger partial charge in [-0.05, 0) is 38.8 Å². The fourth-order valence-corrected chi connectivity index (χ4v) is 2.48. The Morgan fingerprint density at radius 2 is 1.56 bits per heavy atom. The van der Waals surface area contributed by atoms with Crippen molar-refractivity contribution >= 4 is 5.57 Å². The van der Waals surface area contributed by atoms with Gasteiger partial charge < -0.3 is 5.21 Å². The maximum Gasteiger partial charge on any atom is 0.0665 e. The zero-order valence-electron chi connectivity index (χ0n) is 10.4. The number of hydroxylamine groups is 2. The average Bonchev–Trinajstić information content (AvgIpc) is 2.40. The fraction of sp³-hybridized carbons (Fsp3) is 0.429. The summed E-state index contributed by atoms with van der Waals surface area (Å²) in [6.45, 7) is 8.12. The molecule has 0 fully saturated rings. The second kappa shape index (κ2) is 3.44. The third-order valence-corrected chi connectivity index (χ3v) is 3.32. The minimum Gasteiger partial charge on any atom is -0.312 e. The van der Waals surface area contributed by atoms with Crippen LogP contribution >= 0.6 is 0 Å². The second-order valence-corrected chi connectivity index (χ2v) is 5.45. The average molecular weight is 217 g/mol. The summed E-state index contributed by atoms with van der Waals surface area (Å²) in [7, 11) is 0. The molecule has 0 radical (unpaired) electrons. The molecular formula is C14H19NO. The van der Waals surface area contributed by atoms with E-state index >= 15 is 0 Å². The van der Waals surface area contributed by atoms with Crippen molar-refractivity contribution in [2.24, 2.45) is 0 Å². The lowest BCUT2D eigenvalue weighted by Crippen LogP contribution is -2.47. The molecule has 1 heterocycles. The van der Waals surface area contributed by atoms with Gasteiger partial charge in [0.05, 0.1) is 11.1 Å². The molecule has 1 aromatic rings. The molecule has 2 heteroatoms. The first-order valence-electron chi connectivity index (χ1n) is 5.64. The molecule has 0 aromatic heterocycles.